The predicted octanol–water partition coefficient (Wildman–Crippen LogP) is 3.97. The highest BCUT2D eigenvalue weighted by atomic mass is 19.1. The Morgan fingerprint density at radius 2 is 1.87 bits per heavy atom. The molecule has 1 fully saturated rings. The summed E-state index contributed by atoms with van der Waals surface area (Å²) in [7, 11) is 0. The molecule has 1 amide bonds. The number of nitrogens with zero attached hydrogens (tertiary/aromatic N) is 3. The Kier molecular flexibility index (Phi) is 4.46. The lowest BCUT2D eigenvalue weighted by Crippen LogP contribution is -2.25. The minimum Gasteiger partial charge on any atom is -0.311 e. The molecule has 1 unspecified atom stereocenters. The first kappa shape index (κ1) is 19.2. The van der Waals surface area contributed by atoms with Gasteiger partial charge in [-0.25, -0.2) is 13.9 Å². The fourth-order valence-electron chi connectivity index (χ4n) is 4.22. The van der Waals surface area contributed by atoms with Crippen LogP contribution in [0.4, 0.5) is 10.1 Å². The number of nitrogens with one attached hydrogen (secondary N) is 1. The van der Waals surface area contributed by atoms with E-state index < -0.39 is 0 Å². The number of benzene rings is 2. The number of carbonyl (C=O) groups is 1. The number of aryl methyl sites for hydroxylation is 1. The molecule has 1 aliphatic rings. The Morgan fingerprint density at radius 3 is 2.65 bits per heavy atom. The number of aromatic nitrogens is 3. The second-order valence-electron chi connectivity index (χ2n) is 8.00. The molecule has 1 aliphatic heterocycles. The van der Waals surface area contributed by atoms with E-state index >= 15 is 0 Å². The van der Waals surface area contributed by atoms with Crippen LogP contribution in [0.2, 0.25) is 0 Å². The maximum absolute atomic E-state index is 13.3. The molecule has 6 nitrogen and oxygen atoms in total. The van der Waals surface area contributed by atoms with E-state index in [4.69, 9.17) is 4.98 Å². The van der Waals surface area contributed by atoms with Gasteiger partial charge in [-0.05, 0) is 48.7 Å². The molecule has 3 heterocycles. The maximum atomic E-state index is 13.3. The molecule has 2 aromatic heterocycles. The Balaban J connectivity index is 1.54. The van der Waals surface area contributed by atoms with Crippen LogP contribution >= 0.6 is 0 Å². The van der Waals surface area contributed by atoms with Crippen LogP contribution in [0.1, 0.15) is 29.2 Å². The molecule has 0 saturated carbocycles. The summed E-state index contributed by atoms with van der Waals surface area (Å²) in [5.41, 5.74) is 5.37. The zero-order valence-corrected chi connectivity index (χ0v) is 17.2. The van der Waals surface area contributed by atoms with Crippen molar-refractivity contribution in [1.29, 1.82) is 0 Å². The summed E-state index contributed by atoms with van der Waals surface area (Å²) in [6.07, 6.45) is 1.98. The molecule has 156 valence electrons. The van der Waals surface area contributed by atoms with Gasteiger partial charge in [-0.2, -0.15) is 0 Å². The van der Waals surface area contributed by atoms with Crippen molar-refractivity contribution in [2.45, 2.75) is 26.2 Å². The average Bonchev–Trinajstić information content (AvgIpc) is 3.35. The summed E-state index contributed by atoms with van der Waals surface area (Å²) in [6.45, 7) is 4.51. The molecule has 7 heteroatoms. The SMILES string of the molecule is Cc1cccc(N2CC(c3cc(=O)n4[nH]cc(-c5ccc(F)cc5)c4n3)CC2=O)c1C. The highest BCUT2D eigenvalue weighted by Crippen LogP contribution is 2.34. The van der Waals surface area contributed by atoms with Crippen LogP contribution in [0.3, 0.4) is 0 Å². The summed E-state index contributed by atoms with van der Waals surface area (Å²) < 4.78 is 14.7. The number of anilines is 1. The average molecular weight is 416 g/mol. The van der Waals surface area contributed by atoms with Crippen molar-refractivity contribution in [1.82, 2.24) is 14.6 Å². The number of H-pyrrole nitrogens is 1. The lowest BCUT2D eigenvalue weighted by molar-refractivity contribution is -0.117. The smallest absolute Gasteiger partial charge is 0.272 e. The van der Waals surface area contributed by atoms with Crippen LogP contribution in [-0.2, 0) is 4.79 Å². The number of carbonyl (C=O) groups excluding carboxylic acids is 1. The largest absolute Gasteiger partial charge is 0.311 e. The molecule has 0 spiro atoms. The molecular weight excluding hydrogens is 395 g/mol. The van der Waals surface area contributed by atoms with Crippen LogP contribution in [0.5, 0.6) is 0 Å². The van der Waals surface area contributed by atoms with Gasteiger partial charge in [0.2, 0.25) is 5.91 Å². The van der Waals surface area contributed by atoms with E-state index in [0.29, 0.717) is 29.9 Å². The highest BCUT2D eigenvalue weighted by Gasteiger charge is 2.34. The van der Waals surface area contributed by atoms with Gasteiger partial charge in [0, 0.05) is 42.4 Å². The molecule has 1 saturated heterocycles. The Bertz CT molecular complexity index is 1370. The van der Waals surface area contributed by atoms with Crippen LogP contribution in [0.15, 0.2) is 59.5 Å². The van der Waals surface area contributed by atoms with Gasteiger partial charge < -0.3 is 4.90 Å². The lowest BCUT2D eigenvalue weighted by atomic mass is 10.0. The minimum atomic E-state index is -0.328. The minimum absolute atomic E-state index is 0.0218. The number of hydrogen-bond donors (Lipinski definition) is 1. The monoisotopic (exact) mass is 416 g/mol. The van der Waals surface area contributed by atoms with E-state index in [2.05, 4.69) is 5.10 Å². The highest BCUT2D eigenvalue weighted by molar-refractivity contribution is 5.97. The van der Waals surface area contributed by atoms with E-state index in [1.165, 1.54) is 22.7 Å². The summed E-state index contributed by atoms with van der Waals surface area (Å²) in [4.78, 5) is 32.1. The first-order valence-corrected chi connectivity index (χ1v) is 10.2. The molecule has 1 atom stereocenters. The maximum Gasteiger partial charge on any atom is 0.272 e. The molecule has 0 aliphatic carbocycles. The van der Waals surface area contributed by atoms with Crippen molar-refractivity contribution >= 4 is 17.2 Å². The molecular formula is C24H21FN4O2. The third kappa shape index (κ3) is 3.22. The van der Waals surface area contributed by atoms with Crippen molar-refractivity contribution < 1.29 is 9.18 Å². The van der Waals surface area contributed by atoms with Gasteiger partial charge in [0.25, 0.3) is 5.56 Å². The normalized spacial score (nSPS) is 16.4. The first-order chi connectivity index (χ1) is 14.9. The Hall–Kier alpha value is -3.74. The third-order valence-electron chi connectivity index (χ3n) is 6.08. The molecule has 5 rings (SSSR count). The number of halogens is 1. The van der Waals surface area contributed by atoms with Crippen molar-refractivity contribution in [3.8, 4) is 11.1 Å². The standard InChI is InChI=1S/C24H21FN4O2/c1-14-4-3-5-21(15(14)2)28-13-17(10-22(28)30)20-11-23(31)29-24(27-20)19(12-26-29)16-6-8-18(25)9-7-16/h3-9,11-12,17,26H,10,13H2,1-2H3. The van der Waals surface area contributed by atoms with Crippen LogP contribution in [-0.4, -0.2) is 27.0 Å². The molecule has 1 N–H and O–H groups in total. The van der Waals surface area contributed by atoms with Gasteiger partial charge in [-0.1, -0.05) is 24.3 Å². The summed E-state index contributed by atoms with van der Waals surface area (Å²) in [5, 5.41) is 2.92. The van der Waals surface area contributed by atoms with Gasteiger partial charge in [0.1, 0.15) is 5.82 Å². The van der Waals surface area contributed by atoms with E-state index in [0.717, 1.165) is 22.4 Å². The van der Waals surface area contributed by atoms with Gasteiger partial charge in [-0.15, -0.1) is 0 Å². The van der Waals surface area contributed by atoms with Crippen molar-refractivity contribution in [2.75, 3.05) is 11.4 Å². The van der Waals surface area contributed by atoms with Crippen molar-refractivity contribution in [3.63, 3.8) is 0 Å². The van der Waals surface area contributed by atoms with Gasteiger partial charge in [0.05, 0.1) is 5.69 Å². The third-order valence-corrected chi connectivity index (χ3v) is 6.08. The summed E-state index contributed by atoms with van der Waals surface area (Å²) in [6, 6.07) is 13.5. The first-order valence-electron chi connectivity index (χ1n) is 10.2. The second-order valence-corrected chi connectivity index (χ2v) is 8.00. The van der Waals surface area contributed by atoms with Gasteiger partial charge >= 0.3 is 0 Å². The van der Waals surface area contributed by atoms with Crippen molar-refractivity contribution in [3.05, 3.63) is 87.7 Å². The van der Waals surface area contributed by atoms with Gasteiger partial charge in [-0.3, -0.25) is 14.7 Å². The number of fused-ring (bicyclic) bond motifs is 1. The zero-order valence-electron chi connectivity index (χ0n) is 17.2. The van der Waals surface area contributed by atoms with Gasteiger partial charge in [0.15, 0.2) is 5.65 Å². The molecule has 0 radical (unpaired) electrons. The molecule has 31 heavy (non-hydrogen) atoms. The number of hydrogen-bond acceptors (Lipinski definition) is 3. The number of rotatable bonds is 3. The summed E-state index contributed by atoms with van der Waals surface area (Å²) >= 11 is 0. The fourth-order valence-corrected chi connectivity index (χ4v) is 4.22. The Morgan fingerprint density at radius 1 is 1.10 bits per heavy atom. The Labute approximate surface area is 178 Å². The molecule has 4 aromatic rings. The topological polar surface area (TPSA) is 70.5 Å². The fraction of sp³-hybridized carbons (Fsp3) is 0.208. The zero-order chi connectivity index (χ0) is 21.7. The number of aromatic amines is 1. The predicted molar refractivity (Wildman–Crippen MR) is 117 cm³/mol. The van der Waals surface area contributed by atoms with E-state index in [9.17, 15) is 14.0 Å². The van der Waals surface area contributed by atoms with Crippen LogP contribution in [0, 0.1) is 19.7 Å². The number of amides is 1. The van der Waals surface area contributed by atoms with Crippen molar-refractivity contribution in [2.24, 2.45) is 0 Å². The lowest BCUT2D eigenvalue weighted by Gasteiger charge is -2.20. The van der Waals surface area contributed by atoms with E-state index in [-0.39, 0.29) is 23.2 Å². The van der Waals surface area contributed by atoms with E-state index in [1.807, 2.05) is 32.0 Å². The summed E-state index contributed by atoms with van der Waals surface area (Å²) in [5.74, 6) is -0.486. The molecule has 0 bridgehead atoms. The molecule has 2 aromatic carbocycles. The quantitative estimate of drug-likeness (QED) is 0.550. The van der Waals surface area contributed by atoms with Crippen LogP contribution in [0.25, 0.3) is 16.8 Å². The second kappa shape index (κ2) is 7.19. The van der Waals surface area contributed by atoms with Crippen LogP contribution < -0.4 is 10.5 Å². The van der Waals surface area contributed by atoms with E-state index in [1.54, 1.807) is 23.2 Å².